The molecule has 1 unspecified atom stereocenters. The Balaban J connectivity index is 1.75. The number of hydrogen-bond donors (Lipinski definition) is 1. The molecule has 1 aliphatic rings. The summed E-state index contributed by atoms with van der Waals surface area (Å²) in [6, 6.07) is 7.61. The summed E-state index contributed by atoms with van der Waals surface area (Å²) < 4.78 is 10.4. The van der Waals surface area contributed by atoms with E-state index < -0.39 is 0 Å². The minimum Gasteiger partial charge on any atom is -0.497 e. The molecule has 0 spiro atoms. The molecule has 1 aromatic carbocycles. The lowest BCUT2D eigenvalue weighted by atomic mass is 9.95. The van der Waals surface area contributed by atoms with E-state index in [2.05, 4.69) is 5.32 Å². The molecule has 3 rings (SSSR count). The largest absolute Gasteiger partial charge is 0.497 e. The molecular weight excluding hydrogens is 394 g/mol. The van der Waals surface area contributed by atoms with Crippen molar-refractivity contribution in [2.75, 3.05) is 19.0 Å². The number of fused-ring (bicyclic) bond motifs is 1. The molecule has 1 N–H and O–H groups in total. The Labute approximate surface area is 173 Å². The van der Waals surface area contributed by atoms with Crippen LogP contribution in [-0.4, -0.2) is 30.8 Å². The van der Waals surface area contributed by atoms with Crippen molar-refractivity contribution < 1.29 is 19.1 Å². The summed E-state index contributed by atoms with van der Waals surface area (Å²) in [6.45, 7) is 3.98. The topological polar surface area (TPSA) is 64.6 Å². The number of rotatable bonds is 7. The van der Waals surface area contributed by atoms with Gasteiger partial charge in [-0.3, -0.25) is 4.79 Å². The van der Waals surface area contributed by atoms with Gasteiger partial charge in [0.2, 0.25) is 5.91 Å². The maximum Gasteiger partial charge on any atom is 0.341 e. The van der Waals surface area contributed by atoms with Crippen LogP contribution < -0.4 is 10.1 Å². The molecule has 0 saturated carbocycles. The highest BCUT2D eigenvalue weighted by Crippen LogP contribution is 2.39. The molecule has 1 aromatic heterocycles. The van der Waals surface area contributed by atoms with E-state index in [-0.39, 0.29) is 17.1 Å². The monoisotopic (exact) mass is 419 g/mol. The van der Waals surface area contributed by atoms with Crippen molar-refractivity contribution in [1.29, 1.82) is 0 Å². The van der Waals surface area contributed by atoms with Crippen LogP contribution in [0, 0.1) is 0 Å². The van der Waals surface area contributed by atoms with Gasteiger partial charge in [0.05, 0.1) is 24.5 Å². The maximum absolute atomic E-state index is 12.8. The van der Waals surface area contributed by atoms with Gasteiger partial charge in [0.15, 0.2) is 0 Å². The number of nitrogens with one attached hydrogen (secondary N) is 1. The van der Waals surface area contributed by atoms with E-state index in [4.69, 9.17) is 9.47 Å². The lowest BCUT2D eigenvalue weighted by Gasteiger charge is -2.14. The number of thiophene rings is 1. The van der Waals surface area contributed by atoms with E-state index in [0.717, 1.165) is 41.9 Å². The number of thioether (sulfide) groups is 1. The molecule has 2 aromatic rings. The van der Waals surface area contributed by atoms with Crippen molar-refractivity contribution in [3.8, 4) is 5.75 Å². The Bertz CT molecular complexity index is 845. The van der Waals surface area contributed by atoms with Gasteiger partial charge in [-0.1, -0.05) is 0 Å². The summed E-state index contributed by atoms with van der Waals surface area (Å²) >= 11 is 2.98. The van der Waals surface area contributed by atoms with Gasteiger partial charge < -0.3 is 14.8 Å². The molecule has 150 valence electrons. The number of esters is 1. The highest BCUT2D eigenvalue weighted by Gasteiger charge is 2.28. The number of ether oxygens (including phenoxy) is 2. The second kappa shape index (κ2) is 9.47. The molecule has 1 amide bonds. The maximum atomic E-state index is 12.8. The Morgan fingerprint density at radius 2 is 1.93 bits per heavy atom. The molecule has 0 bridgehead atoms. The highest BCUT2D eigenvalue weighted by molar-refractivity contribution is 8.00. The average molecular weight is 420 g/mol. The summed E-state index contributed by atoms with van der Waals surface area (Å²) in [6.07, 6.45) is 4.00. The van der Waals surface area contributed by atoms with Crippen molar-refractivity contribution >= 4 is 40.0 Å². The summed E-state index contributed by atoms with van der Waals surface area (Å²) in [5.74, 6) is 0.322. The zero-order chi connectivity index (χ0) is 20.1. The predicted octanol–water partition coefficient (Wildman–Crippen LogP) is 4.93. The molecular formula is C21H25NO4S2. The number of methoxy groups -OCH3 is 1. The second-order valence-corrected chi connectivity index (χ2v) is 9.08. The molecule has 1 aliphatic carbocycles. The second-order valence-electron chi connectivity index (χ2n) is 6.56. The number of carbonyl (C=O) groups excluding carboxylic acids is 2. The van der Waals surface area contributed by atoms with Crippen LogP contribution in [0.1, 0.15) is 47.5 Å². The predicted molar refractivity (Wildman–Crippen MR) is 114 cm³/mol. The van der Waals surface area contributed by atoms with Crippen molar-refractivity contribution in [3.63, 3.8) is 0 Å². The Morgan fingerprint density at radius 3 is 2.61 bits per heavy atom. The zero-order valence-corrected chi connectivity index (χ0v) is 18.0. The van der Waals surface area contributed by atoms with Crippen molar-refractivity contribution in [2.24, 2.45) is 0 Å². The number of amides is 1. The zero-order valence-electron chi connectivity index (χ0n) is 16.4. The summed E-state index contributed by atoms with van der Waals surface area (Å²) in [5.41, 5.74) is 1.61. The number of carbonyl (C=O) groups is 2. The first-order valence-electron chi connectivity index (χ1n) is 9.46. The lowest BCUT2D eigenvalue weighted by molar-refractivity contribution is -0.115. The summed E-state index contributed by atoms with van der Waals surface area (Å²) in [7, 11) is 1.62. The summed E-state index contributed by atoms with van der Waals surface area (Å²) in [4.78, 5) is 27.5. The number of hydrogen-bond acceptors (Lipinski definition) is 6. The molecule has 1 heterocycles. The molecule has 28 heavy (non-hydrogen) atoms. The summed E-state index contributed by atoms with van der Waals surface area (Å²) in [5, 5.41) is 3.30. The Hall–Kier alpha value is -1.99. The first kappa shape index (κ1) is 20.7. The molecule has 0 aliphatic heterocycles. The van der Waals surface area contributed by atoms with Gasteiger partial charge in [-0.05, 0) is 69.4 Å². The molecule has 7 heteroatoms. The van der Waals surface area contributed by atoms with Gasteiger partial charge in [0, 0.05) is 9.77 Å². The van der Waals surface area contributed by atoms with Crippen LogP contribution in [0.2, 0.25) is 0 Å². The van der Waals surface area contributed by atoms with Crippen molar-refractivity contribution in [3.05, 3.63) is 40.3 Å². The van der Waals surface area contributed by atoms with Gasteiger partial charge in [0.25, 0.3) is 0 Å². The van der Waals surface area contributed by atoms with Crippen LogP contribution in [-0.2, 0) is 22.4 Å². The van der Waals surface area contributed by atoms with E-state index in [1.54, 1.807) is 14.0 Å². The van der Waals surface area contributed by atoms with Crippen LogP contribution >= 0.6 is 23.1 Å². The molecule has 0 radical (unpaired) electrons. The van der Waals surface area contributed by atoms with Crippen LogP contribution in [0.3, 0.4) is 0 Å². The van der Waals surface area contributed by atoms with E-state index >= 15 is 0 Å². The normalized spacial score (nSPS) is 14.1. The smallest absolute Gasteiger partial charge is 0.341 e. The molecule has 1 atom stereocenters. The Morgan fingerprint density at radius 1 is 1.21 bits per heavy atom. The van der Waals surface area contributed by atoms with E-state index in [0.29, 0.717) is 17.2 Å². The quantitative estimate of drug-likeness (QED) is 0.509. The van der Waals surface area contributed by atoms with Gasteiger partial charge in [0.1, 0.15) is 10.8 Å². The van der Waals surface area contributed by atoms with Gasteiger partial charge in [-0.15, -0.1) is 23.1 Å². The number of benzene rings is 1. The SMILES string of the molecule is CCOC(=O)c1c(NC(=O)C(C)Sc2ccc(OC)cc2)sc2c1CCCC2. The van der Waals surface area contributed by atoms with Gasteiger partial charge in [-0.2, -0.15) is 0 Å². The molecule has 5 nitrogen and oxygen atoms in total. The van der Waals surface area contributed by atoms with Gasteiger partial charge in [-0.25, -0.2) is 4.79 Å². The standard InChI is InChI=1S/C21H25NO4S2/c1-4-26-21(24)18-16-7-5-6-8-17(16)28-20(18)22-19(23)13(2)27-15-11-9-14(25-3)10-12-15/h9-13H,4-8H2,1-3H3,(H,22,23). The van der Waals surface area contributed by atoms with Crippen LogP contribution in [0.25, 0.3) is 0 Å². The third kappa shape index (κ3) is 4.70. The average Bonchev–Trinajstić information content (AvgIpc) is 3.06. The van der Waals surface area contributed by atoms with Gasteiger partial charge >= 0.3 is 5.97 Å². The van der Waals surface area contributed by atoms with E-state index in [1.165, 1.54) is 28.0 Å². The van der Waals surface area contributed by atoms with Crippen LogP contribution in [0.15, 0.2) is 29.2 Å². The minimum absolute atomic E-state index is 0.120. The lowest BCUT2D eigenvalue weighted by Crippen LogP contribution is -2.23. The van der Waals surface area contributed by atoms with Crippen molar-refractivity contribution in [1.82, 2.24) is 0 Å². The number of anilines is 1. The first-order chi connectivity index (χ1) is 13.5. The highest BCUT2D eigenvalue weighted by atomic mass is 32.2. The fourth-order valence-electron chi connectivity index (χ4n) is 3.20. The van der Waals surface area contributed by atoms with E-state index in [9.17, 15) is 9.59 Å². The van der Waals surface area contributed by atoms with E-state index in [1.807, 2.05) is 31.2 Å². The molecule has 0 saturated heterocycles. The minimum atomic E-state index is -0.340. The fraction of sp³-hybridized carbons (Fsp3) is 0.429. The fourth-order valence-corrected chi connectivity index (χ4v) is 5.35. The van der Waals surface area contributed by atoms with Crippen molar-refractivity contribution in [2.45, 2.75) is 49.7 Å². The first-order valence-corrected chi connectivity index (χ1v) is 11.2. The third-order valence-electron chi connectivity index (χ3n) is 4.63. The van der Waals surface area contributed by atoms with Crippen LogP contribution in [0.4, 0.5) is 5.00 Å². The van der Waals surface area contributed by atoms with Crippen LogP contribution in [0.5, 0.6) is 5.75 Å². The Kier molecular flexibility index (Phi) is 7.02. The number of aryl methyl sites for hydroxylation is 1. The third-order valence-corrected chi connectivity index (χ3v) is 6.95. The molecule has 0 fully saturated rings.